The first-order chi connectivity index (χ1) is 9.56. The van der Waals surface area contributed by atoms with Gasteiger partial charge in [-0.2, -0.15) is 0 Å². The Balaban J connectivity index is 2.21. The Morgan fingerprint density at radius 3 is 2.45 bits per heavy atom. The molecule has 1 aromatic carbocycles. The van der Waals surface area contributed by atoms with E-state index in [0.717, 1.165) is 31.4 Å². The van der Waals surface area contributed by atoms with Crippen LogP contribution in [-0.4, -0.2) is 23.9 Å². The number of nitrogens with one attached hydrogen (secondary N) is 1. The highest BCUT2D eigenvalue weighted by Crippen LogP contribution is 2.30. The SMILES string of the molecule is CCCN(CC1CC1)C(=O)c1cc(F)c(NN)c(F)c1. The summed E-state index contributed by atoms with van der Waals surface area (Å²) in [5.74, 6) is 3.51. The molecule has 0 saturated heterocycles. The average molecular weight is 283 g/mol. The highest BCUT2D eigenvalue weighted by Gasteiger charge is 2.27. The van der Waals surface area contributed by atoms with E-state index >= 15 is 0 Å². The van der Waals surface area contributed by atoms with Gasteiger partial charge in [0.05, 0.1) is 0 Å². The molecule has 0 heterocycles. The minimum absolute atomic E-state index is 0.0214. The Morgan fingerprint density at radius 1 is 1.40 bits per heavy atom. The average Bonchev–Trinajstić information content (AvgIpc) is 3.21. The number of benzene rings is 1. The molecule has 2 rings (SSSR count). The predicted octanol–water partition coefficient (Wildman–Crippen LogP) is 2.51. The number of hydrazine groups is 1. The number of nitrogens with two attached hydrogens (primary N) is 1. The van der Waals surface area contributed by atoms with Crippen LogP contribution in [0.3, 0.4) is 0 Å². The molecular formula is C14H19F2N3O. The fraction of sp³-hybridized carbons (Fsp3) is 0.500. The van der Waals surface area contributed by atoms with Crippen molar-refractivity contribution < 1.29 is 13.6 Å². The van der Waals surface area contributed by atoms with Crippen molar-refractivity contribution in [2.45, 2.75) is 26.2 Å². The highest BCUT2D eigenvalue weighted by atomic mass is 19.1. The summed E-state index contributed by atoms with van der Waals surface area (Å²) in [5.41, 5.74) is 1.55. The summed E-state index contributed by atoms with van der Waals surface area (Å²) in [6.07, 6.45) is 3.05. The lowest BCUT2D eigenvalue weighted by Crippen LogP contribution is -2.33. The molecule has 1 aliphatic carbocycles. The minimum Gasteiger partial charge on any atom is -0.338 e. The number of amides is 1. The van der Waals surface area contributed by atoms with Crippen LogP contribution >= 0.6 is 0 Å². The number of nitrogen functional groups attached to an aromatic ring is 1. The summed E-state index contributed by atoms with van der Waals surface area (Å²) in [6, 6.07) is 2.05. The van der Waals surface area contributed by atoms with Gasteiger partial charge in [-0.1, -0.05) is 6.92 Å². The maximum Gasteiger partial charge on any atom is 0.254 e. The first-order valence-electron chi connectivity index (χ1n) is 6.81. The van der Waals surface area contributed by atoms with Gasteiger partial charge in [0.25, 0.3) is 5.91 Å². The number of hydrogen-bond donors (Lipinski definition) is 2. The second kappa shape index (κ2) is 6.17. The molecule has 4 nitrogen and oxygen atoms in total. The van der Waals surface area contributed by atoms with E-state index in [4.69, 9.17) is 5.84 Å². The van der Waals surface area contributed by atoms with Crippen molar-refractivity contribution in [3.63, 3.8) is 0 Å². The van der Waals surface area contributed by atoms with E-state index in [0.29, 0.717) is 19.0 Å². The number of anilines is 1. The second-order valence-electron chi connectivity index (χ2n) is 5.15. The lowest BCUT2D eigenvalue weighted by atomic mass is 10.1. The molecule has 0 atom stereocenters. The van der Waals surface area contributed by atoms with Crippen LogP contribution in [0.5, 0.6) is 0 Å². The zero-order chi connectivity index (χ0) is 14.7. The number of carbonyl (C=O) groups excluding carboxylic acids is 1. The van der Waals surface area contributed by atoms with E-state index < -0.39 is 17.3 Å². The maximum absolute atomic E-state index is 13.6. The van der Waals surface area contributed by atoms with Gasteiger partial charge in [-0.15, -0.1) is 0 Å². The number of halogens is 2. The molecule has 1 aromatic rings. The van der Waals surface area contributed by atoms with Crippen LogP contribution in [0.25, 0.3) is 0 Å². The number of hydrogen-bond acceptors (Lipinski definition) is 3. The van der Waals surface area contributed by atoms with Gasteiger partial charge in [-0.25, -0.2) is 8.78 Å². The molecule has 0 bridgehead atoms. The molecule has 0 spiro atoms. The number of rotatable bonds is 6. The fourth-order valence-electron chi connectivity index (χ4n) is 2.17. The van der Waals surface area contributed by atoms with Crippen LogP contribution in [0.2, 0.25) is 0 Å². The van der Waals surface area contributed by atoms with E-state index in [2.05, 4.69) is 0 Å². The second-order valence-corrected chi connectivity index (χ2v) is 5.15. The zero-order valence-corrected chi connectivity index (χ0v) is 11.5. The Labute approximate surface area is 116 Å². The van der Waals surface area contributed by atoms with E-state index in [1.54, 1.807) is 4.90 Å². The van der Waals surface area contributed by atoms with Crippen molar-refractivity contribution in [2.75, 3.05) is 18.5 Å². The van der Waals surface area contributed by atoms with Gasteiger partial charge in [-0.3, -0.25) is 10.6 Å². The predicted molar refractivity (Wildman–Crippen MR) is 73.1 cm³/mol. The lowest BCUT2D eigenvalue weighted by Gasteiger charge is -2.22. The minimum atomic E-state index is -0.862. The van der Waals surface area contributed by atoms with Gasteiger partial charge in [0.15, 0.2) is 11.6 Å². The van der Waals surface area contributed by atoms with Gasteiger partial charge in [-0.05, 0) is 37.3 Å². The van der Waals surface area contributed by atoms with Crippen LogP contribution < -0.4 is 11.3 Å². The summed E-state index contributed by atoms with van der Waals surface area (Å²) in [4.78, 5) is 14.0. The molecule has 20 heavy (non-hydrogen) atoms. The zero-order valence-electron chi connectivity index (χ0n) is 11.5. The van der Waals surface area contributed by atoms with Crippen LogP contribution in [-0.2, 0) is 0 Å². The first-order valence-corrected chi connectivity index (χ1v) is 6.81. The molecule has 0 aliphatic heterocycles. The third kappa shape index (κ3) is 3.25. The van der Waals surface area contributed by atoms with Gasteiger partial charge in [0, 0.05) is 18.7 Å². The van der Waals surface area contributed by atoms with Crippen LogP contribution in [0.4, 0.5) is 14.5 Å². The summed E-state index contributed by atoms with van der Waals surface area (Å²) >= 11 is 0. The normalized spacial score (nSPS) is 14.2. The van der Waals surface area contributed by atoms with E-state index in [1.807, 2.05) is 12.3 Å². The van der Waals surface area contributed by atoms with Crippen molar-refractivity contribution in [2.24, 2.45) is 11.8 Å². The molecule has 3 N–H and O–H groups in total. The van der Waals surface area contributed by atoms with Crippen molar-refractivity contribution in [3.8, 4) is 0 Å². The summed E-state index contributed by atoms with van der Waals surface area (Å²) in [5, 5.41) is 0. The molecular weight excluding hydrogens is 264 g/mol. The van der Waals surface area contributed by atoms with E-state index in [9.17, 15) is 13.6 Å². The molecule has 1 fully saturated rings. The Morgan fingerprint density at radius 2 is 2.00 bits per heavy atom. The largest absolute Gasteiger partial charge is 0.338 e. The lowest BCUT2D eigenvalue weighted by molar-refractivity contribution is 0.0746. The van der Waals surface area contributed by atoms with Crippen molar-refractivity contribution in [1.29, 1.82) is 0 Å². The van der Waals surface area contributed by atoms with Crippen molar-refractivity contribution in [3.05, 3.63) is 29.3 Å². The smallest absolute Gasteiger partial charge is 0.254 e. The molecule has 110 valence electrons. The van der Waals surface area contributed by atoms with Crippen molar-refractivity contribution >= 4 is 11.6 Å². The van der Waals surface area contributed by atoms with Gasteiger partial charge >= 0.3 is 0 Å². The summed E-state index contributed by atoms with van der Waals surface area (Å²) in [6.45, 7) is 3.22. The van der Waals surface area contributed by atoms with E-state index in [-0.39, 0.29) is 11.5 Å². The number of nitrogens with zero attached hydrogens (tertiary/aromatic N) is 1. The molecule has 0 radical (unpaired) electrons. The molecule has 0 unspecified atom stereocenters. The summed E-state index contributed by atoms with van der Waals surface area (Å²) in [7, 11) is 0. The van der Waals surface area contributed by atoms with Gasteiger partial charge in [0.1, 0.15) is 5.69 Å². The Kier molecular flexibility index (Phi) is 4.54. The third-order valence-corrected chi connectivity index (χ3v) is 3.39. The van der Waals surface area contributed by atoms with Gasteiger partial charge < -0.3 is 10.3 Å². The van der Waals surface area contributed by atoms with Gasteiger partial charge in [0.2, 0.25) is 0 Å². The Bertz CT molecular complexity index is 480. The highest BCUT2D eigenvalue weighted by molar-refractivity contribution is 5.94. The number of carbonyl (C=O) groups is 1. The van der Waals surface area contributed by atoms with E-state index in [1.165, 1.54) is 0 Å². The topological polar surface area (TPSA) is 58.4 Å². The molecule has 1 aliphatic rings. The maximum atomic E-state index is 13.6. The quantitative estimate of drug-likeness (QED) is 0.623. The Hall–Kier alpha value is -1.69. The molecule has 1 amide bonds. The molecule has 6 heteroatoms. The molecule has 0 aromatic heterocycles. The first kappa shape index (κ1) is 14.7. The van der Waals surface area contributed by atoms with Crippen LogP contribution in [0, 0.1) is 17.6 Å². The van der Waals surface area contributed by atoms with Crippen LogP contribution in [0.1, 0.15) is 36.5 Å². The standard InChI is InChI=1S/C14H19F2N3O/c1-2-5-19(8-9-3-4-9)14(20)10-6-11(15)13(18-17)12(16)7-10/h6-7,9,18H,2-5,8,17H2,1H3. The molecule has 1 saturated carbocycles. The summed E-state index contributed by atoms with van der Waals surface area (Å²) < 4.78 is 27.3. The van der Waals surface area contributed by atoms with Crippen molar-refractivity contribution in [1.82, 2.24) is 4.90 Å². The monoisotopic (exact) mass is 283 g/mol. The third-order valence-electron chi connectivity index (χ3n) is 3.39. The fourth-order valence-corrected chi connectivity index (χ4v) is 2.17. The van der Waals surface area contributed by atoms with Crippen LogP contribution in [0.15, 0.2) is 12.1 Å².